The van der Waals surface area contributed by atoms with Crippen LogP contribution in [0.1, 0.15) is 12.0 Å². The highest BCUT2D eigenvalue weighted by Gasteiger charge is 2.27. The molecular formula is C14H21NO4S. The molecule has 0 saturated carbocycles. The van der Waals surface area contributed by atoms with Crippen molar-refractivity contribution in [2.75, 3.05) is 24.7 Å². The van der Waals surface area contributed by atoms with Gasteiger partial charge in [0, 0.05) is 12.6 Å². The lowest BCUT2D eigenvalue weighted by Gasteiger charge is -2.15. The molecule has 0 aliphatic carbocycles. The molecule has 2 atom stereocenters. The van der Waals surface area contributed by atoms with Crippen LogP contribution in [0.25, 0.3) is 0 Å². The van der Waals surface area contributed by atoms with E-state index in [0.717, 1.165) is 5.56 Å². The fraction of sp³-hybridized carbons (Fsp3) is 0.571. The van der Waals surface area contributed by atoms with E-state index in [4.69, 9.17) is 4.74 Å². The summed E-state index contributed by atoms with van der Waals surface area (Å²) in [7, 11) is -2.87. The third-order valence-corrected chi connectivity index (χ3v) is 5.06. The van der Waals surface area contributed by atoms with Crippen LogP contribution in [0.3, 0.4) is 0 Å². The Balaban J connectivity index is 1.60. The summed E-state index contributed by atoms with van der Waals surface area (Å²) in [5.74, 6) is 0.413. The zero-order valence-corrected chi connectivity index (χ0v) is 12.2. The highest BCUT2D eigenvalue weighted by molar-refractivity contribution is 7.91. The molecule has 1 aliphatic rings. The molecule has 0 bridgehead atoms. The molecule has 20 heavy (non-hydrogen) atoms. The minimum atomic E-state index is -2.87. The average Bonchev–Trinajstić information content (AvgIpc) is 2.77. The molecule has 0 spiro atoms. The number of sulfone groups is 1. The Morgan fingerprint density at radius 2 is 2.10 bits per heavy atom. The topological polar surface area (TPSA) is 75.6 Å². The molecule has 2 N–H and O–H groups in total. The molecule has 1 aromatic rings. The summed E-state index contributed by atoms with van der Waals surface area (Å²) in [5.41, 5.74) is 1.06. The van der Waals surface area contributed by atoms with Crippen LogP contribution in [0, 0.1) is 0 Å². The van der Waals surface area contributed by atoms with E-state index in [-0.39, 0.29) is 24.2 Å². The van der Waals surface area contributed by atoms with Gasteiger partial charge >= 0.3 is 0 Å². The maximum atomic E-state index is 11.3. The molecule has 112 valence electrons. The summed E-state index contributed by atoms with van der Waals surface area (Å²) in [6.07, 6.45) is 0.00179. The summed E-state index contributed by atoms with van der Waals surface area (Å²) >= 11 is 0. The fourth-order valence-corrected chi connectivity index (χ4v) is 3.91. The Labute approximate surface area is 119 Å². The average molecular weight is 299 g/mol. The van der Waals surface area contributed by atoms with Crippen molar-refractivity contribution in [2.24, 2.45) is 0 Å². The number of nitrogens with one attached hydrogen (secondary N) is 1. The molecule has 2 unspecified atom stereocenters. The summed E-state index contributed by atoms with van der Waals surface area (Å²) in [5, 5.41) is 12.9. The van der Waals surface area contributed by atoms with Crippen molar-refractivity contribution in [1.82, 2.24) is 5.32 Å². The van der Waals surface area contributed by atoms with Gasteiger partial charge in [-0.15, -0.1) is 0 Å². The molecule has 0 amide bonds. The van der Waals surface area contributed by atoms with Gasteiger partial charge in [-0.2, -0.15) is 0 Å². The number of hydrogen-bond donors (Lipinski definition) is 2. The fourth-order valence-electron chi connectivity index (χ4n) is 2.20. The van der Waals surface area contributed by atoms with Crippen LogP contribution in [0.4, 0.5) is 0 Å². The van der Waals surface area contributed by atoms with Crippen LogP contribution in [-0.4, -0.2) is 50.3 Å². The number of aliphatic hydroxyl groups excluding tert-OH is 1. The van der Waals surface area contributed by atoms with Gasteiger partial charge in [0.1, 0.15) is 0 Å². The molecule has 6 heteroatoms. The van der Waals surface area contributed by atoms with Gasteiger partial charge in [0.05, 0.1) is 30.8 Å². The maximum Gasteiger partial charge on any atom is 0.151 e. The largest absolute Gasteiger partial charge is 0.389 e. The van der Waals surface area contributed by atoms with Crippen molar-refractivity contribution in [2.45, 2.75) is 25.2 Å². The summed E-state index contributed by atoms with van der Waals surface area (Å²) in [6.45, 7) is 1.06. The van der Waals surface area contributed by atoms with Crippen molar-refractivity contribution >= 4 is 9.84 Å². The Morgan fingerprint density at radius 1 is 1.35 bits per heavy atom. The zero-order chi connectivity index (χ0) is 14.4. The van der Waals surface area contributed by atoms with Crippen LogP contribution in [0.5, 0.6) is 0 Å². The van der Waals surface area contributed by atoms with Gasteiger partial charge < -0.3 is 15.2 Å². The first-order chi connectivity index (χ1) is 9.55. The molecular weight excluding hydrogens is 278 g/mol. The number of hydrogen-bond acceptors (Lipinski definition) is 5. The van der Waals surface area contributed by atoms with E-state index in [1.165, 1.54) is 0 Å². The third kappa shape index (κ3) is 5.20. The predicted octanol–water partition coefficient (Wildman–Crippen LogP) is 0.341. The molecule has 1 aromatic carbocycles. The van der Waals surface area contributed by atoms with E-state index in [0.29, 0.717) is 19.6 Å². The normalized spacial score (nSPS) is 22.8. The van der Waals surface area contributed by atoms with Crippen molar-refractivity contribution in [3.63, 3.8) is 0 Å². The minimum Gasteiger partial charge on any atom is -0.389 e. The van der Waals surface area contributed by atoms with Crippen LogP contribution < -0.4 is 5.32 Å². The van der Waals surface area contributed by atoms with E-state index in [1.54, 1.807) is 0 Å². The quantitative estimate of drug-likeness (QED) is 0.759. The number of ether oxygens (including phenoxy) is 1. The van der Waals surface area contributed by atoms with Crippen LogP contribution in [0.2, 0.25) is 0 Å². The monoisotopic (exact) mass is 299 g/mol. The van der Waals surface area contributed by atoms with Gasteiger partial charge in [0.25, 0.3) is 0 Å². The molecule has 2 rings (SSSR count). The second-order valence-corrected chi connectivity index (χ2v) is 7.39. The van der Waals surface area contributed by atoms with Gasteiger partial charge in [-0.25, -0.2) is 8.42 Å². The summed E-state index contributed by atoms with van der Waals surface area (Å²) < 4.78 is 28.0. The van der Waals surface area contributed by atoms with Gasteiger partial charge in [-0.1, -0.05) is 30.3 Å². The van der Waals surface area contributed by atoms with Crippen molar-refractivity contribution in [1.29, 1.82) is 0 Å². The minimum absolute atomic E-state index is 0.0382. The van der Waals surface area contributed by atoms with Gasteiger partial charge in [0.15, 0.2) is 9.84 Å². The van der Waals surface area contributed by atoms with Gasteiger partial charge in [0.2, 0.25) is 0 Å². The van der Waals surface area contributed by atoms with E-state index >= 15 is 0 Å². The molecule has 1 aliphatic heterocycles. The number of benzene rings is 1. The standard InChI is InChI=1S/C14H21NO4S/c16-14(8-15-13-6-7-20(17,18)11-13)10-19-9-12-4-2-1-3-5-12/h1-5,13-16H,6-11H2. The molecule has 1 heterocycles. The van der Waals surface area contributed by atoms with E-state index in [1.807, 2.05) is 30.3 Å². The van der Waals surface area contributed by atoms with Crippen LogP contribution >= 0.6 is 0 Å². The molecule has 0 radical (unpaired) electrons. The Kier molecular flexibility index (Phi) is 5.54. The zero-order valence-electron chi connectivity index (χ0n) is 11.4. The second-order valence-electron chi connectivity index (χ2n) is 5.16. The highest BCUT2D eigenvalue weighted by atomic mass is 32.2. The third-order valence-electron chi connectivity index (χ3n) is 3.30. The molecule has 5 nitrogen and oxygen atoms in total. The lowest BCUT2D eigenvalue weighted by molar-refractivity contribution is 0.0279. The lowest BCUT2D eigenvalue weighted by atomic mass is 10.2. The van der Waals surface area contributed by atoms with Crippen molar-refractivity contribution < 1.29 is 18.3 Å². The van der Waals surface area contributed by atoms with Crippen molar-refractivity contribution in [3.05, 3.63) is 35.9 Å². The van der Waals surface area contributed by atoms with Crippen LogP contribution in [-0.2, 0) is 21.2 Å². The Morgan fingerprint density at radius 3 is 2.75 bits per heavy atom. The Hall–Kier alpha value is -0.950. The van der Waals surface area contributed by atoms with Gasteiger partial charge in [-0.3, -0.25) is 0 Å². The first kappa shape index (κ1) is 15.4. The summed E-state index contributed by atoms with van der Waals surface area (Å²) in [4.78, 5) is 0. The first-order valence-corrected chi connectivity index (χ1v) is 8.61. The second kappa shape index (κ2) is 7.17. The van der Waals surface area contributed by atoms with E-state index in [9.17, 15) is 13.5 Å². The first-order valence-electron chi connectivity index (χ1n) is 6.79. The van der Waals surface area contributed by atoms with Crippen LogP contribution in [0.15, 0.2) is 30.3 Å². The Bertz CT molecular complexity index is 503. The van der Waals surface area contributed by atoms with Gasteiger partial charge in [-0.05, 0) is 12.0 Å². The van der Waals surface area contributed by atoms with E-state index in [2.05, 4.69) is 5.32 Å². The number of aliphatic hydroxyl groups is 1. The molecule has 1 saturated heterocycles. The number of rotatable bonds is 7. The van der Waals surface area contributed by atoms with E-state index < -0.39 is 15.9 Å². The predicted molar refractivity (Wildman–Crippen MR) is 77.2 cm³/mol. The smallest absolute Gasteiger partial charge is 0.151 e. The molecule has 0 aromatic heterocycles. The molecule has 1 fully saturated rings. The lowest BCUT2D eigenvalue weighted by Crippen LogP contribution is -2.38. The summed E-state index contributed by atoms with van der Waals surface area (Å²) in [6, 6.07) is 9.72. The highest BCUT2D eigenvalue weighted by Crippen LogP contribution is 2.11. The van der Waals surface area contributed by atoms with Crippen molar-refractivity contribution in [3.8, 4) is 0 Å². The maximum absolute atomic E-state index is 11.3. The SMILES string of the molecule is O=S1(=O)CCC(NCC(O)COCc2ccccc2)C1.